The van der Waals surface area contributed by atoms with E-state index in [1.54, 1.807) is 0 Å². The molecule has 11 heavy (non-hydrogen) atoms. The van der Waals surface area contributed by atoms with Crippen molar-refractivity contribution in [3.63, 3.8) is 0 Å². The maximum absolute atomic E-state index is 11.9. The molecular weight excluding hydrogens is 152 g/mol. The molecule has 1 aromatic rings. The van der Waals surface area contributed by atoms with Crippen molar-refractivity contribution < 1.29 is 8.78 Å². The van der Waals surface area contributed by atoms with Crippen LogP contribution in [0.2, 0.25) is 0 Å². The van der Waals surface area contributed by atoms with E-state index in [0.29, 0.717) is 0 Å². The molecule has 0 fully saturated rings. The quantitative estimate of drug-likeness (QED) is 0.630. The topological polar surface area (TPSA) is 30.7 Å². The third-order valence-corrected chi connectivity index (χ3v) is 1.12. The van der Waals surface area contributed by atoms with Gasteiger partial charge in [-0.2, -0.15) is 15.0 Å². The van der Waals surface area contributed by atoms with Gasteiger partial charge in [-0.05, 0) is 6.92 Å². The van der Waals surface area contributed by atoms with Crippen molar-refractivity contribution in [2.24, 2.45) is 7.05 Å². The second-order valence-corrected chi connectivity index (χ2v) is 1.96. The zero-order chi connectivity index (χ0) is 7.72. The van der Waals surface area contributed by atoms with E-state index in [1.165, 1.54) is 14.0 Å². The van der Waals surface area contributed by atoms with Crippen LogP contribution in [-0.4, -0.2) is 15.0 Å². The molecule has 0 aliphatic heterocycles. The fourth-order valence-electron chi connectivity index (χ4n) is 0.720. The lowest BCUT2D eigenvalue weighted by Crippen LogP contribution is -1.93. The average Bonchev–Trinajstić information content (AvgIpc) is 2.10. The van der Waals surface area contributed by atoms with Gasteiger partial charge in [-0.15, -0.1) is 0 Å². The molecule has 1 rings (SSSR count). The molecule has 1 aromatic heterocycles. The molecular formula is C6H11F2N3. The number of hydrogen-bond acceptors (Lipinski definition) is 2. The molecule has 0 spiro atoms. The Morgan fingerprint density at radius 1 is 1.36 bits per heavy atom. The van der Waals surface area contributed by atoms with Gasteiger partial charge in [0.25, 0.3) is 6.43 Å². The first-order valence-electron chi connectivity index (χ1n) is 2.77. The first kappa shape index (κ1) is 10.0. The first-order valence-corrected chi connectivity index (χ1v) is 2.77. The summed E-state index contributed by atoms with van der Waals surface area (Å²) in [6, 6.07) is 0. The summed E-state index contributed by atoms with van der Waals surface area (Å²) in [6.45, 7) is 1.51. The largest absolute Gasteiger partial charge is 0.284 e. The lowest BCUT2D eigenvalue weighted by molar-refractivity contribution is 0.144. The summed E-state index contributed by atoms with van der Waals surface area (Å²) in [7, 11) is 1.51. The Bertz CT molecular complexity index is 232. The highest BCUT2D eigenvalue weighted by molar-refractivity contribution is 5.06. The SMILES string of the molecule is C.Cc1nn(C)nc1C(F)F. The second-order valence-electron chi connectivity index (χ2n) is 1.96. The van der Waals surface area contributed by atoms with Crippen LogP contribution in [0.5, 0.6) is 0 Å². The smallest absolute Gasteiger partial charge is 0.203 e. The van der Waals surface area contributed by atoms with Crippen molar-refractivity contribution in [1.82, 2.24) is 15.0 Å². The van der Waals surface area contributed by atoms with Gasteiger partial charge in [0.1, 0.15) is 0 Å². The molecule has 0 N–H and O–H groups in total. The van der Waals surface area contributed by atoms with Crippen LogP contribution in [0.4, 0.5) is 8.78 Å². The van der Waals surface area contributed by atoms with Gasteiger partial charge in [-0.1, -0.05) is 7.43 Å². The van der Waals surface area contributed by atoms with Crippen LogP contribution >= 0.6 is 0 Å². The van der Waals surface area contributed by atoms with Gasteiger partial charge in [0, 0.05) is 7.05 Å². The fraction of sp³-hybridized carbons (Fsp3) is 0.667. The van der Waals surface area contributed by atoms with Crippen LogP contribution in [0.1, 0.15) is 25.2 Å². The maximum Gasteiger partial charge on any atom is 0.284 e. The predicted octanol–water partition coefficient (Wildman–Crippen LogP) is 1.70. The standard InChI is InChI=1S/C5H7F2N3.CH4/c1-3-4(5(6)7)9-10(2)8-3;/h5H,1-2H3;1H4. The molecule has 3 nitrogen and oxygen atoms in total. The summed E-state index contributed by atoms with van der Waals surface area (Å²) in [4.78, 5) is 1.14. The van der Waals surface area contributed by atoms with Gasteiger partial charge >= 0.3 is 0 Å². The van der Waals surface area contributed by atoms with Crippen LogP contribution in [0.3, 0.4) is 0 Å². The number of rotatable bonds is 1. The Balaban J connectivity index is 0.000001000. The summed E-state index contributed by atoms with van der Waals surface area (Å²) in [5.41, 5.74) is 0.0556. The minimum Gasteiger partial charge on any atom is -0.203 e. The van der Waals surface area contributed by atoms with Crippen molar-refractivity contribution in [3.05, 3.63) is 11.4 Å². The van der Waals surface area contributed by atoms with Crippen LogP contribution in [0.15, 0.2) is 0 Å². The normalized spacial score (nSPS) is 9.91. The molecule has 5 heteroatoms. The molecule has 64 valence electrons. The monoisotopic (exact) mass is 163 g/mol. The molecule has 0 saturated heterocycles. The first-order chi connectivity index (χ1) is 4.61. The average molecular weight is 163 g/mol. The van der Waals surface area contributed by atoms with E-state index < -0.39 is 6.43 Å². The molecule has 0 aromatic carbocycles. The molecule has 0 amide bonds. The molecule has 0 saturated carbocycles. The zero-order valence-electron chi connectivity index (χ0n) is 5.67. The minimum absolute atomic E-state index is 0. The van der Waals surface area contributed by atoms with Crippen molar-refractivity contribution in [2.45, 2.75) is 20.8 Å². The Labute approximate surface area is 64.0 Å². The molecule has 0 bridgehead atoms. The Morgan fingerprint density at radius 2 is 1.91 bits per heavy atom. The maximum atomic E-state index is 11.9. The number of halogens is 2. The molecule has 0 aliphatic carbocycles. The lowest BCUT2D eigenvalue weighted by Gasteiger charge is -1.89. The third kappa shape index (κ3) is 1.96. The summed E-state index contributed by atoms with van der Waals surface area (Å²) in [5, 5.41) is 7.12. The second kappa shape index (κ2) is 3.41. The number of aromatic nitrogens is 3. The van der Waals surface area contributed by atoms with Gasteiger partial charge in [0.05, 0.1) is 5.69 Å². The predicted molar refractivity (Wildman–Crippen MR) is 37.4 cm³/mol. The van der Waals surface area contributed by atoms with Crippen molar-refractivity contribution in [2.75, 3.05) is 0 Å². The van der Waals surface area contributed by atoms with Gasteiger partial charge in [0.2, 0.25) is 0 Å². The van der Waals surface area contributed by atoms with Gasteiger partial charge in [-0.25, -0.2) is 8.78 Å². The fourth-order valence-corrected chi connectivity index (χ4v) is 0.720. The van der Waals surface area contributed by atoms with E-state index in [0.717, 1.165) is 4.80 Å². The molecule has 0 unspecified atom stereocenters. The third-order valence-electron chi connectivity index (χ3n) is 1.12. The number of aryl methyl sites for hydroxylation is 2. The Hall–Kier alpha value is -1.00. The van der Waals surface area contributed by atoms with Crippen LogP contribution < -0.4 is 0 Å². The van der Waals surface area contributed by atoms with E-state index in [2.05, 4.69) is 10.2 Å². The minimum atomic E-state index is -2.52. The lowest BCUT2D eigenvalue weighted by atomic mass is 10.4. The van der Waals surface area contributed by atoms with Gasteiger partial charge < -0.3 is 0 Å². The van der Waals surface area contributed by atoms with E-state index in [1.807, 2.05) is 0 Å². The molecule has 0 aliphatic rings. The molecule has 0 atom stereocenters. The van der Waals surface area contributed by atoms with E-state index in [4.69, 9.17) is 0 Å². The highest BCUT2D eigenvalue weighted by Crippen LogP contribution is 2.17. The van der Waals surface area contributed by atoms with Crippen molar-refractivity contribution >= 4 is 0 Å². The summed E-state index contributed by atoms with van der Waals surface area (Å²) < 4.78 is 23.9. The highest BCUT2D eigenvalue weighted by Gasteiger charge is 2.14. The summed E-state index contributed by atoms with van der Waals surface area (Å²) >= 11 is 0. The van der Waals surface area contributed by atoms with E-state index in [9.17, 15) is 8.78 Å². The van der Waals surface area contributed by atoms with Crippen molar-refractivity contribution in [1.29, 1.82) is 0 Å². The zero-order valence-corrected chi connectivity index (χ0v) is 5.67. The summed E-state index contributed by atoms with van der Waals surface area (Å²) in [5.74, 6) is 0. The number of hydrogen-bond donors (Lipinski definition) is 0. The molecule has 1 heterocycles. The summed E-state index contributed by atoms with van der Waals surface area (Å²) in [6.07, 6.45) is -2.52. The van der Waals surface area contributed by atoms with Crippen LogP contribution in [0.25, 0.3) is 0 Å². The van der Waals surface area contributed by atoms with Gasteiger partial charge in [-0.3, -0.25) is 0 Å². The highest BCUT2D eigenvalue weighted by atomic mass is 19.3. The van der Waals surface area contributed by atoms with E-state index in [-0.39, 0.29) is 18.8 Å². The van der Waals surface area contributed by atoms with E-state index >= 15 is 0 Å². The Morgan fingerprint density at radius 3 is 2.09 bits per heavy atom. The molecule has 0 radical (unpaired) electrons. The van der Waals surface area contributed by atoms with Gasteiger partial charge in [0.15, 0.2) is 5.69 Å². The van der Waals surface area contributed by atoms with Crippen molar-refractivity contribution in [3.8, 4) is 0 Å². The van der Waals surface area contributed by atoms with Crippen LogP contribution in [-0.2, 0) is 7.05 Å². The Kier molecular flexibility index (Phi) is 3.10. The number of nitrogens with zero attached hydrogens (tertiary/aromatic N) is 3. The van der Waals surface area contributed by atoms with Crippen LogP contribution in [0, 0.1) is 6.92 Å². The number of alkyl halides is 2.